The lowest BCUT2D eigenvalue weighted by Crippen LogP contribution is -2.18. The number of hydrogen-bond acceptors (Lipinski definition) is 15. The number of aryl methyl sites for hydroxylation is 6. The molecule has 27 nitrogen and oxygen atoms in total. The van der Waals surface area contributed by atoms with E-state index in [1.54, 1.807) is 78.9 Å². The van der Waals surface area contributed by atoms with Crippen LogP contribution in [0.5, 0.6) is 0 Å². The zero-order valence-electron chi connectivity index (χ0n) is 78.5. The van der Waals surface area contributed by atoms with Crippen molar-refractivity contribution in [3.05, 3.63) is 389 Å². The Kier molecular flexibility index (Phi) is 45.0. The van der Waals surface area contributed by atoms with Crippen LogP contribution >= 0.6 is 0 Å². The largest absolute Gasteiger partial charge is 0.478 e. The summed E-state index contributed by atoms with van der Waals surface area (Å²) in [5.74, 6) is -14.1. The zero-order chi connectivity index (χ0) is 103. The van der Waals surface area contributed by atoms with E-state index in [9.17, 15) is 86.0 Å². The Labute approximate surface area is 814 Å². The molecule has 0 radical (unpaired) electrons. The van der Waals surface area contributed by atoms with Crippen LogP contribution in [0, 0.1) is 51.4 Å². The number of rotatable bonds is 36. The highest BCUT2D eigenvalue weighted by molar-refractivity contribution is 6.16. The number of hydrogen-bond donors (Lipinski definition) is 12. The normalized spacial score (nSPS) is 10.2. The Hall–Kier alpha value is -17.5. The SMILES string of the molecule is CCCCc1ccc(NC(=O)c2c(C#N)cccc2C(=O)O)cc1.CCCCc1ccc(NC(=O)c2c(F)cccc2C(=O)O)cc1.CCCCc1ccc(NC(=O)c2ccc(C#N)cc2C(=O)O)cc1.CCCCc1ccc(NC(=O)c2ccc(F)cc2C(=O)O)cc1.CCCCc1ccc(NC(=O)c2cccc(C#N)c2C(=O)O)cc1.CCCCc1ccc(NC(=O)c2cccc(F)c2C(=O)O)cc1. The van der Waals surface area contributed by atoms with Crippen molar-refractivity contribution in [3.8, 4) is 18.2 Å². The van der Waals surface area contributed by atoms with Gasteiger partial charge in [-0.15, -0.1) is 0 Å². The van der Waals surface area contributed by atoms with Gasteiger partial charge in [0.2, 0.25) is 0 Å². The molecule has 12 N–H and O–H groups in total. The lowest BCUT2D eigenvalue weighted by atomic mass is 10.0. The fourth-order valence-electron chi connectivity index (χ4n) is 13.9. The van der Waals surface area contributed by atoms with Gasteiger partial charge >= 0.3 is 35.8 Å². The lowest BCUT2D eigenvalue weighted by Gasteiger charge is -2.10. The summed E-state index contributed by atoms with van der Waals surface area (Å²) in [5.41, 5.74) is 7.73. The van der Waals surface area contributed by atoms with Crippen LogP contribution < -0.4 is 31.9 Å². The van der Waals surface area contributed by atoms with Crippen molar-refractivity contribution in [1.82, 2.24) is 0 Å². The maximum absolute atomic E-state index is 13.8. The molecule has 12 rings (SSSR count). The molecule has 726 valence electrons. The van der Waals surface area contributed by atoms with Gasteiger partial charge in [-0.3, -0.25) is 28.8 Å². The third kappa shape index (κ3) is 34.7. The molecule has 0 aliphatic heterocycles. The smallest absolute Gasteiger partial charge is 0.339 e. The Bertz CT molecular complexity index is 6510. The number of amides is 6. The van der Waals surface area contributed by atoms with Crippen molar-refractivity contribution in [1.29, 1.82) is 15.8 Å². The minimum Gasteiger partial charge on any atom is -0.478 e. The average Bonchev–Trinajstić information content (AvgIpc) is 0.808. The van der Waals surface area contributed by atoms with Gasteiger partial charge in [0.25, 0.3) is 35.4 Å². The van der Waals surface area contributed by atoms with E-state index >= 15 is 0 Å². The van der Waals surface area contributed by atoms with Gasteiger partial charge in [0.05, 0.1) is 90.0 Å². The van der Waals surface area contributed by atoms with Crippen LogP contribution in [-0.4, -0.2) is 102 Å². The minimum atomic E-state index is -1.47. The van der Waals surface area contributed by atoms with E-state index in [0.29, 0.717) is 34.1 Å². The highest BCUT2D eigenvalue weighted by Gasteiger charge is 2.27. The molecular weight excluding hydrogens is 1800 g/mol. The first-order valence-electron chi connectivity index (χ1n) is 45.5. The number of nitrogens with zero attached hydrogens (tertiary/aromatic N) is 3. The van der Waals surface area contributed by atoms with E-state index in [0.717, 1.165) is 145 Å². The molecule has 0 bridgehead atoms. The summed E-state index contributed by atoms with van der Waals surface area (Å²) in [6.45, 7) is 12.7. The molecule has 30 heteroatoms. The van der Waals surface area contributed by atoms with Crippen LogP contribution in [0.15, 0.2) is 255 Å². The number of carbonyl (C=O) groups is 12. The number of carboxylic acids is 6. The van der Waals surface area contributed by atoms with Gasteiger partial charge in [-0.1, -0.05) is 177 Å². The minimum absolute atomic E-state index is 0.0246. The second-order valence-electron chi connectivity index (χ2n) is 31.9. The topological polar surface area (TPSA) is 470 Å². The Morgan fingerprint density at radius 1 is 0.241 bits per heavy atom. The summed E-state index contributed by atoms with van der Waals surface area (Å²) in [4.78, 5) is 141. The van der Waals surface area contributed by atoms with E-state index < -0.39 is 99.8 Å². The number of nitrogens with one attached hydrogen (secondary N) is 6. The standard InChI is InChI=1S/3C19H18N2O3.3C18H18FNO3/c1-2-3-5-13-8-10-15(11-9-13)21-18(22)17-14(12-20)6-4-7-16(17)19(23)24;1-2-3-5-13-8-10-15(11-9-13)21-18(22)16-7-4-6-14(12-20)17(16)19(23)24;1-2-3-4-13-5-8-15(9-6-13)21-18(22)16-10-7-14(12-20)11-17(16)19(23)24;1-2-3-5-12-8-10-13(11-9-12)20-17(21)16-14(18(22)23)6-4-7-15(16)19;1-2-3-5-12-8-10-13(11-9-12)20-17(21)14-6-4-7-15(19)16(14)18(22)23;1-2-3-4-12-5-8-14(9-6-12)20-17(21)15-10-7-13(19)11-16(15)18(22)23/h2*4,6-11H,2-3,5H2,1H3,(H,21,22)(H,23,24);5-11H,2-4H2,1H3,(H,21,22)(H,23,24);2*4,6-11H,2-3,5H2,1H3,(H,20,21)(H,22,23);5-11H,2-4H2,1H3,(H,20,21)(H,22,23). The molecule has 0 spiro atoms. The molecule has 0 heterocycles. The van der Waals surface area contributed by atoms with Crippen LogP contribution in [-0.2, 0) is 38.5 Å². The molecule has 141 heavy (non-hydrogen) atoms. The molecule has 0 aliphatic carbocycles. The van der Waals surface area contributed by atoms with Gasteiger partial charge in [-0.25, -0.2) is 41.9 Å². The van der Waals surface area contributed by atoms with Gasteiger partial charge in [0.1, 0.15) is 29.1 Å². The van der Waals surface area contributed by atoms with Crippen molar-refractivity contribution < 1.29 is 101 Å². The molecule has 6 amide bonds. The molecule has 12 aromatic carbocycles. The molecular formula is C111H108F3N9O18. The fraction of sp³-hybridized carbons (Fsp3) is 0.216. The van der Waals surface area contributed by atoms with Crippen molar-refractivity contribution in [3.63, 3.8) is 0 Å². The molecule has 0 atom stereocenters. The fourth-order valence-corrected chi connectivity index (χ4v) is 13.9. The quantitative estimate of drug-likeness (QED) is 0.0173. The summed E-state index contributed by atoms with van der Waals surface area (Å²) in [5, 5.41) is 97.7. The van der Waals surface area contributed by atoms with Gasteiger partial charge in [0, 0.05) is 34.1 Å². The summed E-state index contributed by atoms with van der Waals surface area (Å²) in [7, 11) is 0. The van der Waals surface area contributed by atoms with Crippen molar-refractivity contribution in [2.75, 3.05) is 31.9 Å². The van der Waals surface area contributed by atoms with E-state index in [1.165, 1.54) is 113 Å². The van der Waals surface area contributed by atoms with E-state index in [-0.39, 0.29) is 72.3 Å². The molecule has 0 fully saturated rings. The van der Waals surface area contributed by atoms with Gasteiger partial charge < -0.3 is 62.5 Å². The highest BCUT2D eigenvalue weighted by Crippen LogP contribution is 2.27. The molecule has 12 aromatic rings. The van der Waals surface area contributed by atoms with Crippen LogP contribution in [0.4, 0.5) is 47.3 Å². The molecule has 0 saturated heterocycles. The molecule has 0 saturated carbocycles. The second-order valence-corrected chi connectivity index (χ2v) is 31.9. The first-order chi connectivity index (χ1) is 67.7. The third-order valence-electron chi connectivity index (χ3n) is 21.5. The predicted molar refractivity (Wildman–Crippen MR) is 532 cm³/mol. The summed E-state index contributed by atoms with van der Waals surface area (Å²) >= 11 is 0. The number of nitriles is 3. The number of carboxylic acid groups (broad SMARTS) is 6. The second kappa shape index (κ2) is 57.4. The highest BCUT2D eigenvalue weighted by atomic mass is 19.1. The van der Waals surface area contributed by atoms with Crippen LogP contribution in [0.1, 0.15) is 293 Å². The average molecular weight is 1910 g/mol. The van der Waals surface area contributed by atoms with Crippen molar-refractivity contribution in [2.24, 2.45) is 0 Å². The monoisotopic (exact) mass is 1910 g/mol. The Balaban J connectivity index is 0.000000230. The third-order valence-corrected chi connectivity index (χ3v) is 21.5. The van der Waals surface area contributed by atoms with Crippen LogP contribution in [0.25, 0.3) is 0 Å². The predicted octanol–water partition coefficient (Wildman–Crippen LogP) is 23.9. The number of halogens is 3. The number of unbranched alkanes of at least 4 members (excludes halogenated alkanes) is 6. The maximum Gasteiger partial charge on any atom is 0.339 e. The molecule has 0 unspecified atom stereocenters. The van der Waals surface area contributed by atoms with Crippen molar-refractivity contribution >= 4 is 105 Å². The summed E-state index contributed by atoms with van der Waals surface area (Å²) in [6, 6.07) is 72.5. The van der Waals surface area contributed by atoms with Crippen LogP contribution in [0.3, 0.4) is 0 Å². The Morgan fingerprint density at radius 2 is 0.489 bits per heavy atom. The van der Waals surface area contributed by atoms with Crippen LogP contribution in [0.2, 0.25) is 0 Å². The molecule has 0 aliphatic rings. The number of anilines is 6. The number of aromatic carboxylic acids is 6. The first kappa shape index (κ1) is 111. The van der Waals surface area contributed by atoms with E-state index in [4.69, 9.17) is 31.1 Å². The number of carbonyl (C=O) groups excluding carboxylic acids is 6. The molecule has 0 aromatic heterocycles. The number of benzene rings is 12. The van der Waals surface area contributed by atoms with Gasteiger partial charge in [0.15, 0.2) is 0 Å². The van der Waals surface area contributed by atoms with Crippen molar-refractivity contribution in [2.45, 2.75) is 157 Å². The van der Waals surface area contributed by atoms with Gasteiger partial charge in [-0.2, -0.15) is 15.8 Å². The van der Waals surface area contributed by atoms with Gasteiger partial charge in [-0.05, 0) is 268 Å². The lowest BCUT2D eigenvalue weighted by molar-refractivity contribution is 0.0678. The van der Waals surface area contributed by atoms with E-state index in [2.05, 4.69) is 73.4 Å². The summed E-state index contributed by atoms with van der Waals surface area (Å²) < 4.78 is 40.6. The summed E-state index contributed by atoms with van der Waals surface area (Å²) in [6.07, 6.45) is 19.1. The first-order valence-corrected chi connectivity index (χ1v) is 45.5. The zero-order valence-corrected chi connectivity index (χ0v) is 78.5. The van der Waals surface area contributed by atoms with E-state index in [1.807, 2.05) is 84.9 Å². The Morgan fingerprint density at radius 3 is 0.780 bits per heavy atom. The maximum atomic E-state index is 13.8.